The molecule has 15 heavy (non-hydrogen) atoms. The fourth-order valence-corrected chi connectivity index (χ4v) is 1.90. The monoisotopic (exact) mass is 209 g/mol. The van der Waals surface area contributed by atoms with Gasteiger partial charge in [-0.25, -0.2) is 0 Å². The number of hydrogen-bond donors (Lipinski definition) is 1. The van der Waals surface area contributed by atoms with E-state index in [1.807, 2.05) is 23.1 Å². The van der Waals surface area contributed by atoms with Crippen LogP contribution in [0.15, 0.2) is 18.5 Å². The van der Waals surface area contributed by atoms with Crippen LogP contribution in [-0.4, -0.2) is 36.1 Å². The van der Waals surface area contributed by atoms with Crippen LogP contribution in [0.5, 0.6) is 0 Å². The molecule has 1 aromatic heterocycles. The molecule has 1 aromatic rings. The highest BCUT2D eigenvalue weighted by Crippen LogP contribution is 2.11. The predicted octanol–water partition coefficient (Wildman–Crippen LogP) is 0.899. The molecule has 1 atom stereocenters. The maximum Gasteiger partial charge on any atom is 0.0533 e. The highest BCUT2D eigenvalue weighted by molar-refractivity contribution is 4.77. The average molecular weight is 209 g/mol. The predicted molar refractivity (Wildman–Crippen MR) is 58.6 cm³/mol. The van der Waals surface area contributed by atoms with Crippen LogP contribution < -0.4 is 5.32 Å². The first-order valence-electron chi connectivity index (χ1n) is 5.71. The van der Waals surface area contributed by atoms with Gasteiger partial charge in [-0.05, 0) is 24.8 Å². The minimum Gasteiger partial charge on any atom is -0.381 e. The van der Waals surface area contributed by atoms with Gasteiger partial charge in [-0.15, -0.1) is 0 Å². The lowest BCUT2D eigenvalue weighted by atomic mass is 10.0. The fourth-order valence-electron chi connectivity index (χ4n) is 1.90. The second-order valence-corrected chi connectivity index (χ2v) is 4.06. The van der Waals surface area contributed by atoms with Crippen molar-refractivity contribution in [3.63, 3.8) is 0 Å². The van der Waals surface area contributed by atoms with Gasteiger partial charge in [-0.2, -0.15) is 5.10 Å². The normalized spacial score (nSPS) is 21.7. The molecule has 0 radical (unpaired) electrons. The van der Waals surface area contributed by atoms with Crippen molar-refractivity contribution in [3.8, 4) is 0 Å². The Labute approximate surface area is 90.6 Å². The van der Waals surface area contributed by atoms with Crippen LogP contribution in [0.2, 0.25) is 0 Å². The lowest BCUT2D eigenvalue weighted by Crippen LogP contribution is -2.31. The number of nitrogens with zero attached hydrogens (tertiary/aromatic N) is 2. The molecule has 2 heterocycles. The summed E-state index contributed by atoms with van der Waals surface area (Å²) < 4.78 is 7.38. The summed E-state index contributed by atoms with van der Waals surface area (Å²) in [5.41, 5.74) is 0. The average Bonchev–Trinajstić information content (AvgIpc) is 2.79. The molecule has 0 aromatic carbocycles. The van der Waals surface area contributed by atoms with Crippen molar-refractivity contribution >= 4 is 0 Å². The Morgan fingerprint density at radius 3 is 3.27 bits per heavy atom. The minimum absolute atomic E-state index is 0.705. The van der Waals surface area contributed by atoms with Crippen LogP contribution in [-0.2, 0) is 11.3 Å². The van der Waals surface area contributed by atoms with E-state index in [0.717, 1.165) is 32.8 Å². The van der Waals surface area contributed by atoms with Crippen molar-refractivity contribution in [2.24, 2.45) is 5.92 Å². The SMILES string of the molecule is c1cnn(CCNCC2CCCOC2)c1. The summed E-state index contributed by atoms with van der Waals surface area (Å²) in [4.78, 5) is 0. The minimum atomic E-state index is 0.705. The van der Waals surface area contributed by atoms with Crippen molar-refractivity contribution in [1.29, 1.82) is 0 Å². The number of rotatable bonds is 5. The van der Waals surface area contributed by atoms with Gasteiger partial charge in [0, 0.05) is 32.1 Å². The van der Waals surface area contributed by atoms with Gasteiger partial charge >= 0.3 is 0 Å². The zero-order valence-corrected chi connectivity index (χ0v) is 9.06. The largest absolute Gasteiger partial charge is 0.381 e. The van der Waals surface area contributed by atoms with E-state index in [1.54, 1.807) is 0 Å². The third kappa shape index (κ3) is 3.64. The van der Waals surface area contributed by atoms with Gasteiger partial charge in [0.2, 0.25) is 0 Å². The molecular formula is C11H19N3O. The molecule has 84 valence electrons. The third-order valence-electron chi connectivity index (χ3n) is 2.76. The topological polar surface area (TPSA) is 39.1 Å². The molecule has 0 aliphatic carbocycles. The molecule has 0 bridgehead atoms. The lowest BCUT2D eigenvalue weighted by Gasteiger charge is -2.22. The maximum absolute atomic E-state index is 5.43. The summed E-state index contributed by atoms with van der Waals surface area (Å²) in [7, 11) is 0. The molecule has 2 rings (SSSR count). The second kappa shape index (κ2) is 5.88. The van der Waals surface area contributed by atoms with Gasteiger partial charge in [-0.3, -0.25) is 4.68 Å². The molecule has 1 aliphatic rings. The first kappa shape index (κ1) is 10.6. The van der Waals surface area contributed by atoms with E-state index in [4.69, 9.17) is 4.74 Å². The summed E-state index contributed by atoms with van der Waals surface area (Å²) in [6.07, 6.45) is 6.32. The summed E-state index contributed by atoms with van der Waals surface area (Å²) in [5.74, 6) is 0.705. The molecule has 0 spiro atoms. The molecule has 4 nitrogen and oxygen atoms in total. The Kier molecular flexibility index (Phi) is 4.17. The highest BCUT2D eigenvalue weighted by Gasteiger charge is 2.12. The van der Waals surface area contributed by atoms with E-state index in [2.05, 4.69) is 10.4 Å². The van der Waals surface area contributed by atoms with Gasteiger partial charge in [0.15, 0.2) is 0 Å². The lowest BCUT2D eigenvalue weighted by molar-refractivity contribution is 0.0548. The van der Waals surface area contributed by atoms with E-state index < -0.39 is 0 Å². The molecule has 0 amide bonds. The van der Waals surface area contributed by atoms with Crippen molar-refractivity contribution < 1.29 is 4.74 Å². The second-order valence-electron chi connectivity index (χ2n) is 4.06. The zero-order chi connectivity index (χ0) is 10.3. The molecule has 0 saturated carbocycles. The summed E-state index contributed by atoms with van der Waals surface area (Å²) in [6.45, 7) is 4.87. The quantitative estimate of drug-likeness (QED) is 0.732. The maximum atomic E-state index is 5.43. The van der Waals surface area contributed by atoms with Crippen LogP contribution in [0.3, 0.4) is 0 Å². The van der Waals surface area contributed by atoms with E-state index >= 15 is 0 Å². The Balaban J connectivity index is 1.54. The molecule has 1 N–H and O–H groups in total. The highest BCUT2D eigenvalue weighted by atomic mass is 16.5. The van der Waals surface area contributed by atoms with Gasteiger partial charge in [0.1, 0.15) is 0 Å². The smallest absolute Gasteiger partial charge is 0.0533 e. The van der Waals surface area contributed by atoms with Gasteiger partial charge in [0.25, 0.3) is 0 Å². The fraction of sp³-hybridized carbons (Fsp3) is 0.727. The summed E-state index contributed by atoms with van der Waals surface area (Å²) >= 11 is 0. The molecule has 1 unspecified atom stereocenters. The first-order valence-corrected chi connectivity index (χ1v) is 5.71. The van der Waals surface area contributed by atoms with Crippen molar-refractivity contribution in [2.75, 3.05) is 26.3 Å². The van der Waals surface area contributed by atoms with E-state index in [9.17, 15) is 0 Å². The Bertz CT molecular complexity index is 255. The van der Waals surface area contributed by atoms with Gasteiger partial charge in [-0.1, -0.05) is 0 Å². The first-order chi connectivity index (χ1) is 7.45. The van der Waals surface area contributed by atoms with Crippen molar-refractivity contribution in [2.45, 2.75) is 19.4 Å². The van der Waals surface area contributed by atoms with Crippen LogP contribution >= 0.6 is 0 Å². The van der Waals surface area contributed by atoms with Gasteiger partial charge < -0.3 is 10.1 Å². The number of nitrogens with one attached hydrogen (secondary N) is 1. The molecule has 4 heteroatoms. The van der Waals surface area contributed by atoms with Gasteiger partial charge in [0.05, 0.1) is 13.2 Å². The molecular weight excluding hydrogens is 190 g/mol. The van der Waals surface area contributed by atoms with E-state index in [0.29, 0.717) is 5.92 Å². The number of hydrogen-bond acceptors (Lipinski definition) is 3. The van der Waals surface area contributed by atoms with E-state index in [-0.39, 0.29) is 0 Å². The van der Waals surface area contributed by atoms with Crippen LogP contribution in [0.4, 0.5) is 0 Å². The standard InChI is InChI=1S/C11H19N3O/c1-3-11(10-15-8-1)9-12-5-7-14-6-2-4-13-14/h2,4,6,11-12H,1,3,5,7-10H2. The van der Waals surface area contributed by atoms with E-state index in [1.165, 1.54) is 12.8 Å². The number of ether oxygens (including phenoxy) is 1. The van der Waals surface area contributed by atoms with Crippen molar-refractivity contribution in [3.05, 3.63) is 18.5 Å². The van der Waals surface area contributed by atoms with Crippen LogP contribution in [0.25, 0.3) is 0 Å². The Hall–Kier alpha value is -0.870. The summed E-state index contributed by atoms with van der Waals surface area (Å²) in [6, 6.07) is 1.95. The molecule has 1 saturated heterocycles. The molecule has 1 aliphatic heterocycles. The summed E-state index contributed by atoms with van der Waals surface area (Å²) in [5, 5.41) is 7.61. The Morgan fingerprint density at radius 1 is 1.53 bits per heavy atom. The van der Waals surface area contributed by atoms with Crippen LogP contribution in [0, 0.1) is 5.92 Å². The number of aromatic nitrogens is 2. The van der Waals surface area contributed by atoms with Crippen LogP contribution in [0.1, 0.15) is 12.8 Å². The van der Waals surface area contributed by atoms with Crippen molar-refractivity contribution in [1.82, 2.24) is 15.1 Å². The Morgan fingerprint density at radius 2 is 2.53 bits per heavy atom. The molecule has 1 fully saturated rings. The third-order valence-corrected chi connectivity index (χ3v) is 2.76. The zero-order valence-electron chi connectivity index (χ0n) is 9.06.